The van der Waals surface area contributed by atoms with Gasteiger partial charge in [-0.15, -0.1) is 0 Å². The number of aliphatic hydroxyl groups excluding tert-OH is 2. The molecule has 0 aliphatic heterocycles. The van der Waals surface area contributed by atoms with E-state index in [0.29, 0.717) is 25.9 Å². The van der Waals surface area contributed by atoms with Crippen LogP contribution in [0.2, 0.25) is 0 Å². The Morgan fingerprint density at radius 3 is 1.03 bits per heavy atom. The molecule has 0 saturated carbocycles. The third kappa shape index (κ3) is 55.5. The summed E-state index contributed by atoms with van der Waals surface area (Å²) in [6.07, 6.45) is 71.9. The van der Waals surface area contributed by atoms with Gasteiger partial charge in [0.25, 0.3) is 0 Å². The highest BCUT2D eigenvalue weighted by Crippen LogP contribution is 2.18. The predicted molar refractivity (Wildman–Crippen MR) is 301 cm³/mol. The van der Waals surface area contributed by atoms with Crippen molar-refractivity contribution in [2.24, 2.45) is 0 Å². The lowest BCUT2D eigenvalue weighted by Crippen LogP contribution is -2.45. The molecule has 2 unspecified atom stereocenters. The van der Waals surface area contributed by atoms with Gasteiger partial charge in [-0.3, -0.25) is 9.59 Å². The Labute approximate surface area is 431 Å². The monoisotopic (exact) mass is 972 g/mol. The number of aliphatic hydroxyl groups is 2. The van der Waals surface area contributed by atoms with E-state index in [1.165, 1.54) is 225 Å². The molecule has 0 aliphatic rings. The van der Waals surface area contributed by atoms with Crippen molar-refractivity contribution < 1.29 is 24.5 Å². The van der Waals surface area contributed by atoms with Crippen LogP contribution in [0.3, 0.4) is 0 Å². The van der Waals surface area contributed by atoms with Gasteiger partial charge in [0.15, 0.2) is 0 Å². The normalized spacial score (nSPS) is 12.7. The summed E-state index contributed by atoms with van der Waals surface area (Å²) in [7, 11) is 0. The maximum Gasteiger partial charge on any atom is 0.305 e. The van der Waals surface area contributed by atoms with E-state index in [2.05, 4.69) is 43.5 Å². The Bertz CT molecular complexity index is 1080. The number of carbonyl (C=O) groups excluding carboxylic acids is 2. The molecule has 0 aliphatic carbocycles. The van der Waals surface area contributed by atoms with Crippen molar-refractivity contribution in [3.63, 3.8) is 0 Å². The van der Waals surface area contributed by atoms with Crippen molar-refractivity contribution in [1.82, 2.24) is 5.32 Å². The molecular weight excluding hydrogens is 851 g/mol. The summed E-state index contributed by atoms with van der Waals surface area (Å²) in [5.74, 6) is -0.0941. The molecule has 0 aromatic rings. The van der Waals surface area contributed by atoms with Crippen molar-refractivity contribution in [3.05, 3.63) is 24.3 Å². The van der Waals surface area contributed by atoms with Crippen LogP contribution in [-0.4, -0.2) is 47.4 Å². The van der Waals surface area contributed by atoms with Crippen LogP contribution in [0.25, 0.3) is 0 Å². The molecule has 0 heterocycles. The summed E-state index contributed by atoms with van der Waals surface area (Å²) in [5.41, 5.74) is 0. The van der Waals surface area contributed by atoms with E-state index < -0.39 is 12.1 Å². The SMILES string of the molecule is CCCCCCCC/C=C\CCCCCCCCCC(=O)OCCCC/C=C\CCCCCCCC(=O)NC(CO)C(O)CCCCCCCCCCCCCCCCCCCCCCCCCC. The largest absolute Gasteiger partial charge is 0.466 e. The first-order valence-electron chi connectivity index (χ1n) is 31.1. The predicted octanol–water partition coefficient (Wildman–Crippen LogP) is 19.4. The quantitative estimate of drug-likeness (QED) is 0.0321. The number of unbranched alkanes of at least 4 members (excludes halogenated alkanes) is 43. The Morgan fingerprint density at radius 2 is 0.681 bits per heavy atom. The molecule has 0 fully saturated rings. The van der Waals surface area contributed by atoms with E-state index in [4.69, 9.17) is 4.74 Å². The zero-order valence-electron chi connectivity index (χ0n) is 46.6. The van der Waals surface area contributed by atoms with E-state index in [1.54, 1.807) is 0 Å². The number of esters is 1. The molecular formula is C63H121NO5. The number of nitrogens with one attached hydrogen (secondary N) is 1. The maximum atomic E-state index is 12.5. The Balaban J connectivity index is 3.48. The topological polar surface area (TPSA) is 95.9 Å². The standard InChI is InChI=1S/C63H121NO5/c1-3-5-7-9-11-13-15-17-19-21-22-23-24-25-26-27-29-30-32-35-39-43-47-51-55-61(66)60(59-65)64-62(67)56-52-48-44-40-36-34-38-42-46-50-54-58-69-63(68)57-53-49-45-41-37-33-31-28-20-18-16-14-12-10-8-6-4-2/h18,20,38,42,60-61,65-66H,3-17,19,21-37,39-41,43-59H2,1-2H3,(H,64,67)/b20-18-,42-38-. The molecule has 1 amide bonds. The number of hydrogen-bond acceptors (Lipinski definition) is 5. The van der Waals surface area contributed by atoms with Crippen LogP contribution in [-0.2, 0) is 14.3 Å². The molecule has 0 aromatic heterocycles. The second-order valence-electron chi connectivity index (χ2n) is 21.4. The highest BCUT2D eigenvalue weighted by atomic mass is 16.5. The fourth-order valence-corrected chi connectivity index (χ4v) is 9.69. The molecule has 0 rings (SSSR count). The fourth-order valence-electron chi connectivity index (χ4n) is 9.69. The van der Waals surface area contributed by atoms with Crippen molar-refractivity contribution in [2.75, 3.05) is 13.2 Å². The Morgan fingerprint density at radius 1 is 0.391 bits per heavy atom. The third-order valence-corrected chi connectivity index (χ3v) is 14.5. The number of amides is 1. The third-order valence-electron chi connectivity index (χ3n) is 14.5. The number of ether oxygens (including phenoxy) is 1. The Hall–Kier alpha value is -1.66. The molecule has 0 spiro atoms. The molecule has 6 heteroatoms. The smallest absolute Gasteiger partial charge is 0.305 e. The second kappa shape index (κ2) is 58.9. The minimum absolute atomic E-state index is 0.0334. The number of allylic oxidation sites excluding steroid dienone is 4. The van der Waals surface area contributed by atoms with Crippen LogP contribution in [0.4, 0.5) is 0 Å². The molecule has 69 heavy (non-hydrogen) atoms. The van der Waals surface area contributed by atoms with Gasteiger partial charge in [-0.05, 0) is 77.0 Å². The summed E-state index contributed by atoms with van der Waals surface area (Å²) >= 11 is 0. The molecule has 0 bridgehead atoms. The van der Waals surface area contributed by atoms with Gasteiger partial charge in [0.05, 0.1) is 25.4 Å². The lowest BCUT2D eigenvalue weighted by molar-refractivity contribution is -0.143. The number of carbonyl (C=O) groups is 2. The summed E-state index contributed by atoms with van der Waals surface area (Å²) in [5, 5.41) is 23.4. The molecule has 0 radical (unpaired) electrons. The number of rotatable bonds is 58. The maximum absolute atomic E-state index is 12.5. The van der Waals surface area contributed by atoms with Gasteiger partial charge in [-0.2, -0.15) is 0 Å². The van der Waals surface area contributed by atoms with Gasteiger partial charge < -0.3 is 20.3 Å². The highest BCUT2D eigenvalue weighted by molar-refractivity contribution is 5.76. The minimum Gasteiger partial charge on any atom is -0.466 e. The van der Waals surface area contributed by atoms with Crippen LogP contribution in [0, 0.1) is 0 Å². The van der Waals surface area contributed by atoms with Gasteiger partial charge in [0, 0.05) is 12.8 Å². The minimum atomic E-state index is -0.684. The summed E-state index contributed by atoms with van der Waals surface area (Å²) < 4.78 is 5.45. The van der Waals surface area contributed by atoms with Crippen LogP contribution in [0.15, 0.2) is 24.3 Å². The molecule has 6 nitrogen and oxygen atoms in total. The van der Waals surface area contributed by atoms with Crippen LogP contribution in [0.5, 0.6) is 0 Å². The van der Waals surface area contributed by atoms with Crippen molar-refractivity contribution in [2.45, 2.75) is 353 Å². The second-order valence-corrected chi connectivity index (χ2v) is 21.4. The molecule has 0 saturated heterocycles. The summed E-state index contributed by atoms with van der Waals surface area (Å²) in [6.45, 7) is 4.90. The van der Waals surface area contributed by atoms with E-state index >= 15 is 0 Å². The zero-order valence-corrected chi connectivity index (χ0v) is 46.6. The van der Waals surface area contributed by atoms with Crippen LogP contribution < -0.4 is 5.32 Å². The van der Waals surface area contributed by atoms with Crippen LogP contribution in [0.1, 0.15) is 341 Å². The van der Waals surface area contributed by atoms with Crippen LogP contribution >= 0.6 is 0 Å². The van der Waals surface area contributed by atoms with E-state index in [1.807, 2.05) is 0 Å². The van der Waals surface area contributed by atoms with E-state index in [-0.39, 0.29) is 18.5 Å². The van der Waals surface area contributed by atoms with Gasteiger partial charge in [0.1, 0.15) is 0 Å². The van der Waals surface area contributed by atoms with Crippen molar-refractivity contribution in [1.29, 1.82) is 0 Å². The zero-order chi connectivity index (χ0) is 50.0. The molecule has 0 aromatic carbocycles. The average Bonchev–Trinajstić information content (AvgIpc) is 3.35. The number of hydrogen-bond donors (Lipinski definition) is 3. The summed E-state index contributed by atoms with van der Waals surface area (Å²) in [6, 6.07) is -0.564. The first-order chi connectivity index (χ1) is 34.0. The first-order valence-corrected chi connectivity index (χ1v) is 31.1. The van der Waals surface area contributed by atoms with Gasteiger partial charge in [-0.25, -0.2) is 0 Å². The van der Waals surface area contributed by atoms with Gasteiger partial charge >= 0.3 is 5.97 Å². The molecule has 2 atom stereocenters. The lowest BCUT2D eigenvalue weighted by Gasteiger charge is -2.22. The first kappa shape index (κ1) is 67.3. The van der Waals surface area contributed by atoms with E-state index in [0.717, 1.165) is 83.5 Å². The lowest BCUT2D eigenvalue weighted by atomic mass is 10.0. The Kier molecular flexibility index (Phi) is 57.5. The van der Waals surface area contributed by atoms with Crippen molar-refractivity contribution in [3.8, 4) is 0 Å². The van der Waals surface area contributed by atoms with E-state index in [9.17, 15) is 19.8 Å². The molecule has 408 valence electrons. The van der Waals surface area contributed by atoms with Crippen molar-refractivity contribution >= 4 is 11.9 Å². The summed E-state index contributed by atoms with van der Waals surface area (Å²) in [4.78, 5) is 24.6. The average molecular weight is 973 g/mol. The highest BCUT2D eigenvalue weighted by Gasteiger charge is 2.20. The van der Waals surface area contributed by atoms with Gasteiger partial charge in [0.2, 0.25) is 5.91 Å². The molecule has 3 N–H and O–H groups in total. The fraction of sp³-hybridized carbons (Fsp3) is 0.905. The van der Waals surface area contributed by atoms with Gasteiger partial charge in [-0.1, -0.05) is 276 Å².